The molecule has 0 aliphatic carbocycles. The molecule has 0 aromatic heterocycles. The van der Waals surface area contributed by atoms with Gasteiger partial charge in [-0.15, -0.1) is 0 Å². The van der Waals surface area contributed by atoms with Gasteiger partial charge in [0.1, 0.15) is 5.75 Å². The first kappa shape index (κ1) is 17.3. The van der Waals surface area contributed by atoms with Crippen LogP contribution in [-0.4, -0.2) is 30.1 Å². The SMILES string of the molecule is CC(C)CC(CNC(=O)COc1cccc(Cl)c1)C(=O)O. The van der Waals surface area contributed by atoms with Gasteiger partial charge in [-0.3, -0.25) is 9.59 Å². The maximum absolute atomic E-state index is 11.7. The fourth-order valence-corrected chi connectivity index (χ4v) is 2.01. The van der Waals surface area contributed by atoms with E-state index in [1.165, 1.54) is 0 Å². The van der Waals surface area contributed by atoms with E-state index in [0.717, 1.165) is 0 Å². The van der Waals surface area contributed by atoms with Gasteiger partial charge in [0.15, 0.2) is 6.61 Å². The lowest BCUT2D eigenvalue weighted by atomic mass is 9.97. The number of carbonyl (C=O) groups excluding carboxylic acids is 1. The minimum Gasteiger partial charge on any atom is -0.484 e. The molecule has 1 unspecified atom stereocenters. The monoisotopic (exact) mass is 313 g/mol. The molecule has 1 rings (SSSR count). The third-order valence-corrected chi connectivity index (χ3v) is 3.05. The lowest BCUT2D eigenvalue weighted by molar-refractivity contribution is -0.142. The Balaban J connectivity index is 2.37. The van der Waals surface area contributed by atoms with Crippen LogP contribution in [0.1, 0.15) is 20.3 Å². The molecule has 0 bridgehead atoms. The van der Waals surface area contributed by atoms with Gasteiger partial charge in [0.25, 0.3) is 5.91 Å². The molecule has 2 N–H and O–H groups in total. The Morgan fingerprint density at radius 3 is 2.67 bits per heavy atom. The van der Waals surface area contributed by atoms with Gasteiger partial charge < -0.3 is 15.2 Å². The molecule has 0 saturated heterocycles. The topological polar surface area (TPSA) is 75.6 Å². The third-order valence-electron chi connectivity index (χ3n) is 2.82. The zero-order valence-corrected chi connectivity index (χ0v) is 12.9. The maximum Gasteiger partial charge on any atom is 0.308 e. The molecule has 0 spiro atoms. The Bertz CT molecular complexity index is 490. The average molecular weight is 314 g/mol. The summed E-state index contributed by atoms with van der Waals surface area (Å²) in [6, 6.07) is 6.72. The van der Waals surface area contributed by atoms with Crippen molar-refractivity contribution < 1.29 is 19.4 Å². The molecular weight excluding hydrogens is 294 g/mol. The first-order chi connectivity index (χ1) is 9.88. The number of carboxylic acids is 1. The number of benzene rings is 1. The summed E-state index contributed by atoms with van der Waals surface area (Å²) in [5, 5.41) is 12.2. The van der Waals surface area contributed by atoms with E-state index in [0.29, 0.717) is 17.2 Å². The van der Waals surface area contributed by atoms with Gasteiger partial charge in [-0.1, -0.05) is 31.5 Å². The highest BCUT2D eigenvalue weighted by atomic mass is 35.5. The zero-order valence-electron chi connectivity index (χ0n) is 12.1. The predicted molar refractivity (Wildman–Crippen MR) is 80.5 cm³/mol. The molecule has 0 heterocycles. The first-order valence-corrected chi connectivity index (χ1v) is 7.14. The highest BCUT2D eigenvalue weighted by Crippen LogP contribution is 2.16. The second-order valence-electron chi connectivity index (χ2n) is 5.21. The summed E-state index contributed by atoms with van der Waals surface area (Å²) in [5.74, 6) is -1.09. The standard InChI is InChI=1S/C15H20ClNO4/c1-10(2)6-11(15(19)20)8-17-14(18)9-21-13-5-3-4-12(16)7-13/h3-5,7,10-11H,6,8-9H2,1-2H3,(H,17,18)(H,19,20). The third kappa shape index (κ3) is 6.99. The lowest BCUT2D eigenvalue weighted by Crippen LogP contribution is -2.36. The van der Waals surface area contributed by atoms with E-state index >= 15 is 0 Å². The van der Waals surface area contributed by atoms with Gasteiger partial charge in [0.2, 0.25) is 0 Å². The number of ether oxygens (including phenoxy) is 1. The molecule has 0 radical (unpaired) electrons. The molecule has 0 aliphatic heterocycles. The van der Waals surface area contributed by atoms with Crippen LogP contribution in [0.5, 0.6) is 5.75 Å². The summed E-state index contributed by atoms with van der Waals surface area (Å²) < 4.78 is 5.28. The number of nitrogens with one attached hydrogen (secondary N) is 1. The van der Waals surface area contributed by atoms with Gasteiger partial charge in [-0.2, -0.15) is 0 Å². The summed E-state index contributed by atoms with van der Waals surface area (Å²) >= 11 is 5.80. The quantitative estimate of drug-likeness (QED) is 0.773. The van der Waals surface area contributed by atoms with Crippen molar-refractivity contribution in [2.75, 3.05) is 13.2 Å². The highest BCUT2D eigenvalue weighted by Gasteiger charge is 2.19. The minimum atomic E-state index is -0.903. The van der Waals surface area contributed by atoms with Gasteiger partial charge in [0, 0.05) is 11.6 Å². The molecule has 1 amide bonds. The number of aliphatic carboxylic acids is 1. The smallest absolute Gasteiger partial charge is 0.308 e. The number of carbonyl (C=O) groups is 2. The molecule has 1 aromatic rings. The van der Waals surface area contributed by atoms with Crippen LogP contribution in [-0.2, 0) is 9.59 Å². The van der Waals surface area contributed by atoms with E-state index in [4.69, 9.17) is 21.4 Å². The fraction of sp³-hybridized carbons (Fsp3) is 0.467. The largest absolute Gasteiger partial charge is 0.484 e. The van der Waals surface area contributed by atoms with E-state index in [1.54, 1.807) is 24.3 Å². The second-order valence-corrected chi connectivity index (χ2v) is 5.65. The van der Waals surface area contributed by atoms with Crippen LogP contribution >= 0.6 is 11.6 Å². The average Bonchev–Trinajstić information content (AvgIpc) is 2.40. The normalized spacial score (nSPS) is 12.0. The van der Waals surface area contributed by atoms with Crippen LogP contribution in [0.4, 0.5) is 0 Å². The molecule has 1 aromatic carbocycles. The Labute approximate surface area is 129 Å². The second kappa shape index (κ2) is 8.52. The van der Waals surface area contributed by atoms with Crippen molar-refractivity contribution in [3.05, 3.63) is 29.3 Å². The summed E-state index contributed by atoms with van der Waals surface area (Å²) in [4.78, 5) is 22.7. The molecule has 6 heteroatoms. The molecule has 21 heavy (non-hydrogen) atoms. The highest BCUT2D eigenvalue weighted by molar-refractivity contribution is 6.30. The molecule has 0 aliphatic rings. The molecule has 1 atom stereocenters. The molecule has 116 valence electrons. The first-order valence-electron chi connectivity index (χ1n) is 6.76. The van der Waals surface area contributed by atoms with E-state index in [2.05, 4.69) is 5.32 Å². The summed E-state index contributed by atoms with van der Waals surface area (Å²) in [7, 11) is 0. The number of hydrogen-bond acceptors (Lipinski definition) is 3. The van der Waals surface area contributed by atoms with Crippen LogP contribution in [0.3, 0.4) is 0 Å². The number of rotatable bonds is 8. The molecule has 0 fully saturated rings. The number of hydrogen-bond donors (Lipinski definition) is 2. The van der Waals surface area contributed by atoms with Crippen molar-refractivity contribution in [1.82, 2.24) is 5.32 Å². The van der Waals surface area contributed by atoms with Gasteiger partial charge in [0.05, 0.1) is 5.92 Å². The van der Waals surface area contributed by atoms with Crippen LogP contribution in [0.25, 0.3) is 0 Å². The van der Waals surface area contributed by atoms with Crippen molar-refractivity contribution in [3.8, 4) is 5.75 Å². The number of amides is 1. The van der Waals surface area contributed by atoms with Crippen molar-refractivity contribution >= 4 is 23.5 Å². The van der Waals surface area contributed by atoms with E-state index < -0.39 is 11.9 Å². The Kier molecular flexibility index (Phi) is 7.02. The van der Waals surface area contributed by atoms with Gasteiger partial charge in [-0.05, 0) is 30.5 Å². The summed E-state index contributed by atoms with van der Waals surface area (Å²) in [6.07, 6.45) is 0.519. The van der Waals surface area contributed by atoms with Crippen molar-refractivity contribution in [2.24, 2.45) is 11.8 Å². The van der Waals surface area contributed by atoms with Crippen LogP contribution < -0.4 is 10.1 Å². The van der Waals surface area contributed by atoms with Crippen LogP contribution in [0.15, 0.2) is 24.3 Å². The Morgan fingerprint density at radius 1 is 1.38 bits per heavy atom. The van der Waals surface area contributed by atoms with Crippen LogP contribution in [0.2, 0.25) is 5.02 Å². The lowest BCUT2D eigenvalue weighted by Gasteiger charge is -2.15. The number of carboxylic acid groups (broad SMARTS) is 1. The zero-order chi connectivity index (χ0) is 15.8. The van der Waals surface area contributed by atoms with E-state index in [9.17, 15) is 9.59 Å². The van der Waals surface area contributed by atoms with Gasteiger partial charge in [-0.25, -0.2) is 0 Å². The summed E-state index contributed by atoms with van der Waals surface area (Å²) in [6.45, 7) is 3.82. The maximum atomic E-state index is 11.7. The Hall–Kier alpha value is -1.75. The van der Waals surface area contributed by atoms with E-state index in [1.807, 2.05) is 13.8 Å². The summed E-state index contributed by atoms with van der Waals surface area (Å²) in [5.41, 5.74) is 0. The minimum absolute atomic E-state index is 0.102. The number of halogens is 1. The van der Waals surface area contributed by atoms with Crippen molar-refractivity contribution in [2.45, 2.75) is 20.3 Å². The molecular formula is C15H20ClNO4. The van der Waals surface area contributed by atoms with Crippen LogP contribution in [0, 0.1) is 11.8 Å². The molecule has 5 nitrogen and oxygen atoms in total. The van der Waals surface area contributed by atoms with Gasteiger partial charge >= 0.3 is 5.97 Å². The van der Waals surface area contributed by atoms with E-state index in [-0.39, 0.29) is 25.0 Å². The molecule has 0 saturated carbocycles. The predicted octanol–water partition coefficient (Wildman–Crippen LogP) is 2.58. The van der Waals surface area contributed by atoms with Crippen molar-refractivity contribution in [1.29, 1.82) is 0 Å². The fourth-order valence-electron chi connectivity index (χ4n) is 1.83. The van der Waals surface area contributed by atoms with Crippen molar-refractivity contribution in [3.63, 3.8) is 0 Å². The Morgan fingerprint density at radius 2 is 2.10 bits per heavy atom.